The highest BCUT2D eigenvalue weighted by molar-refractivity contribution is 6.07. The summed E-state index contributed by atoms with van der Waals surface area (Å²) >= 11 is 0. The number of pyridine rings is 1. The Morgan fingerprint density at radius 2 is 2.05 bits per heavy atom. The third-order valence-corrected chi connectivity index (χ3v) is 6.37. The molecular formula is C24H29F3N8O3. The fourth-order valence-electron chi connectivity index (χ4n) is 4.27. The minimum Gasteiger partial charge on any atom is -0.444 e. The molecule has 1 fully saturated rings. The molecule has 2 unspecified atom stereocenters. The average Bonchev–Trinajstić information content (AvgIpc) is 3.52. The van der Waals surface area contributed by atoms with Crippen LogP contribution < -0.4 is 15.5 Å². The van der Waals surface area contributed by atoms with Crippen LogP contribution in [-0.2, 0) is 11.8 Å². The molecule has 3 aromatic rings. The summed E-state index contributed by atoms with van der Waals surface area (Å²) in [6.45, 7) is 4.97. The molecule has 4 rings (SSSR count). The standard InChI is InChI=1S/C24H29F3N8O3/c1-24(2)14(9-33(3)4)10-35(23(24)37)20-15(11-34(5)32-20)29-21(36)16-12-38-22(30-16)13-6-7-28-17(8-13)31-19(27)18(25)26/h6-8,11-12,14,18-19H,9-10H2,1-5H3,(H,28,31)(H,29,36). The van der Waals surface area contributed by atoms with Crippen LogP contribution in [0.15, 0.2) is 35.2 Å². The zero-order chi connectivity index (χ0) is 27.8. The molecule has 1 aliphatic rings. The van der Waals surface area contributed by atoms with Gasteiger partial charge in [0, 0.05) is 43.2 Å². The largest absolute Gasteiger partial charge is 0.444 e. The molecule has 3 aromatic heterocycles. The number of halogens is 3. The first-order valence-corrected chi connectivity index (χ1v) is 11.8. The summed E-state index contributed by atoms with van der Waals surface area (Å²) in [6.07, 6.45) is -1.84. The zero-order valence-electron chi connectivity index (χ0n) is 21.6. The average molecular weight is 535 g/mol. The SMILES string of the molecule is CN(C)CC1CN(c2nn(C)cc2NC(=O)c2coc(-c3ccnc(NC(F)C(F)F)c3)n2)C(=O)C1(C)C. The summed E-state index contributed by atoms with van der Waals surface area (Å²) < 4.78 is 45.2. The van der Waals surface area contributed by atoms with E-state index in [2.05, 4.69) is 20.4 Å². The number of rotatable bonds is 9. The Morgan fingerprint density at radius 3 is 2.74 bits per heavy atom. The van der Waals surface area contributed by atoms with Gasteiger partial charge in [-0.05, 0) is 26.2 Å². The number of nitrogens with one attached hydrogen (secondary N) is 2. The van der Waals surface area contributed by atoms with Crippen LogP contribution in [0.4, 0.5) is 30.5 Å². The molecule has 11 nitrogen and oxygen atoms in total. The number of aryl methyl sites for hydroxylation is 1. The van der Waals surface area contributed by atoms with E-state index in [1.807, 2.05) is 38.2 Å². The van der Waals surface area contributed by atoms with Crippen molar-refractivity contribution in [2.24, 2.45) is 18.4 Å². The summed E-state index contributed by atoms with van der Waals surface area (Å²) in [5.74, 6) is -0.464. The summed E-state index contributed by atoms with van der Waals surface area (Å²) in [7, 11) is 5.58. The van der Waals surface area contributed by atoms with Crippen LogP contribution in [0.1, 0.15) is 24.3 Å². The maximum absolute atomic E-state index is 13.3. The Kier molecular flexibility index (Phi) is 7.44. The number of nitrogens with zero attached hydrogens (tertiary/aromatic N) is 6. The molecule has 0 aromatic carbocycles. The van der Waals surface area contributed by atoms with Crippen LogP contribution in [0.5, 0.6) is 0 Å². The number of hydrogen-bond acceptors (Lipinski definition) is 8. The van der Waals surface area contributed by atoms with Gasteiger partial charge in [-0.15, -0.1) is 0 Å². The van der Waals surface area contributed by atoms with Crippen molar-refractivity contribution in [3.63, 3.8) is 0 Å². The lowest BCUT2D eigenvalue weighted by Gasteiger charge is -2.25. The quantitative estimate of drug-likeness (QED) is 0.402. The van der Waals surface area contributed by atoms with Crippen molar-refractivity contribution in [1.29, 1.82) is 0 Å². The number of carbonyl (C=O) groups excluding carboxylic acids is 2. The maximum atomic E-state index is 13.3. The van der Waals surface area contributed by atoms with E-state index >= 15 is 0 Å². The molecule has 0 saturated carbocycles. The topological polar surface area (TPSA) is 121 Å². The number of amides is 2. The predicted molar refractivity (Wildman–Crippen MR) is 134 cm³/mol. The van der Waals surface area contributed by atoms with Crippen molar-refractivity contribution in [3.05, 3.63) is 36.5 Å². The van der Waals surface area contributed by atoms with Crippen LogP contribution in [0.3, 0.4) is 0 Å². The van der Waals surface area contributed by atoms with Crippen molar-refractivity contribution < 1.29 is 27.2 Å². The number of carbonyl (C=O) groups is 2. The molecule has 14 heteroatoms. The molecule has 2 atom stereocenters. The van der Waals surface area contributed by atoms with Crippen molar-refractivity contribution in [2.45, 2.75) is 26.6 Å². The van der Waals surface area contributed by atoms with Crippen molar-refractivity contribution in [2.75, 3.05) is 42.7 Å². The summed E-state index contributed by atoms with van der Waals surface area (Å²) in [6, 6.07) is 2.74. The fourth-order valence-corrected chi connectivity index (χ4v) is 4.27. The van der Waals surface area contributed by atoms with Crippen LogP contribution in [0, 0.1) is 11.3 Å². The Hall–Kier alpha value is -3.94. The van der Waals surface area contributed by atoms with E-state index in [1.54, 1.807) is 18.1 Å². The third-order valence-electron chi connectivity index (χ3n) is 6.37. The number of oxazole rings is 1. The first-order valence-electron chi connectivity index (χ1n) is 11.8. The second kappa shape index (κ2) is 10.4. The van der Waals surface area contributed by atoms with Crippen LogP contribution in [-0.4, -0.2) is 76.4 Å². The molecule has 0 bridgehead atoms. The van der Waals surface area contributed by atoms with Crippen molar-refractivity contribution in [3.8, 4) is 11.5 Å². The Balaban J connectivity index is 1.52. The summed E-state index contributed by atoms with van der Waals surface area (Å²) in [4.78, 5) is 37.8. The van der Waals surface area contributed by atoms with E-state index in [4.69, 9.17) is 4.42 Å². The molecule has 2 N–H and O–H groups in total. The van der Waals surface area contributed by atoms with Gasteiger partial charge < -0.3 is 20.0 Å². The second-order valence-electron chi connectivity index (χ2n) is 9.94. The molecule has 0 aliphatic carbocycles. The summed E-state index contributed by atoms with van der Waals surface area (Å²) in [5, 5.41) is 9.11. The predicted octanol–water partition coefficient (Wildman–Crippen LogP) is 3.25. The van der Waals surface area contributed by atoms with Crippen molar-refractivity contribution in [1.82, 2.24) is 24.6 Å². The van der Waals surface area contributed by atoms with Crippen LogP contribution in [0.25, 0.3) is 11.5 Å². The lowest BCUT2D eigenvalue weighted by atomic mass is 9.81. The first kappa shape index (κ1) is 27.1. The van der Waals surface area contributed by atoms with Crippen molar-refractivity contribution >= 4 is 29.1 Å². The maximum Gasteiger partial charge on any atom is 0.287 e. The molecule has 2 amide bonds. The Bertz CT molecular complexity index is 1320. The van der Waals surface area contributed by atoms with Gasteiger partial charge in [0.1, 0.15) is 17.8 Å². The lowest BCUT2D eigenvalue weighted by Crippen LogP contribution is -2.34. The Morgan fingerprint density at radius 1 is 1.32 bits per heavy atom. The van der Waals surface area contributed by atoms with Gasteiger partial charge in [0.2, 0.25) is 18.1 Å². The van der Waals surface area contributed by atoms with Crippen LogP contribution in [0.2, 0.25) is 0 Å². The number of hydrogen-bond donors (Lipinski definition) is 2. The van der Waals surface area contributed by atoms with E-state index in [0.717, 1.165) is 6.26 Å². The lowest BCUT2D eigenvalue weighted by molar-refractivity contribution is -0.125. The minimum absolute atomic E-state index is 0.00228. The smallest absolute Gasteiger partial charge is 0.287 e. The molecule has 204 valence electrons. The van der Waals surface area contributed by atoms with Gasteiger partial charge in [0.15, 0.2) is 11.5 Å². The molecule has 0 spiro atoms. The van der Waals surface area contributed by atoms with Gasteiger partial charge >= 0.3 is 0 Å². The fraction of sp³-hybridized carbons (Fsp3) is 0.458. The number of anilines is 3. The van der Waals surface area contributed by atoms with Gasteiger partial charge in [-0.1, -0.05) is 13.8 Å². The molecule has 4 heterocycles. The van der Waals surface area contributed by atoms with Gasteiger partial charge in [-0.25, -0.2) is 23.1 Å². The van der Waals surface area contributed by atoms with Gasteiger partial charge in [-0.3, -0.25) is 19.2 Å². The number of alkyl halides is 3. The molecule has 38 heavy (non-hydrogen) atoms. The highest BCUT2D eigenvalue weighted by Gasteiger charge is 2.48. The van der Waals surface area contributed by atoms with E-state index in [0.29, 0.717) is 30.2 Å². The summed E-state index contributed by atoms with van der Waals surface area (Å²) in [5.41, 5.74) is -0.0644. The van der Waals surface area contributed by atoms with E-state index in [9.17, 15) is 22.8 Å². The van der Waals surface area contributed by atoms with E-state index in [-0.39, 0.29) is 29.2 Å². The normalized spacial score (nSPS) is 17.9. The van der Waals surface area contributed by atoms with Gasteiger partial charge in [-0.2, -0.15) is 5.10 Å². The number of aromatic nitrogens is 4. The monoisotopic (exact) mass is 534 g/mol. The Labute approximate surface area is 217 Å². The minimum atomic E-state index is -3.23. The molecule has 1 aliphatic heterocycles. The zero-order valence-corrected chi connectivity index (χ0v) is 21.6. The third kappa shape index (κ3) is 5.49. The van der Waals surface area contributed by atoms with Gasteiger partial charge in [0.05, 0.1) is 6.20 Å². The first-order chi connectivity index (χ1) is 17.9. The molecule has 1 saturated heterocycles. The molecular weight excluding hydrogens is 505 g/mol. The highest BCUT2D eigenvalue weighted by Crippen LogP contribution is 2.41. The van der Waals surface area contributed by atoms with Crippen LogP contribution >= 0.6 is 0 Å². The van der Waals surface area contributed by atoms with Gasteiger partial charge in [0.25, 0.3) is 12.3 Å². The highest BCUT2D eigenvalue weighted by atomic mass is 19.3. The van der Waals surface area contributed by atoms with E-state index < -0.39 is 24.0 Å². The second-order valence-corrected chi connectivity index (χ2v) is 9.94. The molecule has 0 radical (unpaired) electrons. The van der Waals surface area contributed by atoms with E-state index in [1.165, 1.54) is 23.0 Å².